The standard InChI is InChI=1S/C26H30N4O3/c27-17-18-28-25(31)16-13-22(19-20-7-3-1-4-8-20)30-26(32)29-21-11-14-24(15-12-21)33-23-9-5-2-6-10-23/h1-12,14-15,22H,13,16-19,27H2,(H,28,31)(H2,29,30,32). The summed E-state index contributed by atoms with van der Waals surface area (Å²) < 4.78 is 5.78. The number of urea groups is 1. The molecule has 0 bridgehead atoms. The van der Waals surface area contributed by atoms with Crippen molar-refractivity contribution in [2.45, 2.75) is 25.3 Å². The Bertz CT molecular complexity index is 995. The zero-order valence-electron chi connectivity index (χ0n) is 18.5. The highest BCUT2D eigenvalue weighted by Crippen LogP contribution is 2.22. The SMILES string of the molecule is NCCNC(=O)CCC(Cc1ccccc1)NC(=O)Nc1ccc(Oc2ccccc2)cc1. The number of benzene rings is 3. The first kappa shape index (κ1) is 23.8. The Hall–Kier alpha value is -3.84. The van der Waals surface area contributed by atoms with Gasteiger partial charge < -0.3 is 26.4 Å². The van der Waals surface area contributed by atoms with Crippen LogP contribution in [0.2, 0.25) is 0 Å². The monoisotopic (exact) mass is 446 g/mol. The van der Waals surface area contributed by atoms with Gasteiger partial charge in [-0.1, -0.05) is 48.5 Å². The first-order valence-corrected chi connectivity index (χ1v) is 11.0. The number of hydrogen-bond acceptors (Lipinski definition) is 4. The predicted molar refractivity (Wildman–Crippen MR) is 130 cm³/mol. The number of hydrogen-bond donors (Lipinski definition) is 4. The predicted octanol–water partition coefficient (Wildman–Crippen LogP) is 4.07. The smallest absolute Gasteiger partial charge is 0.319 e. The number of nitrogens with two attached hydrogens (primary N) is 1. The van der Waals surface area contributed by atoms with Gasteiger partial charge in [-0.25, -0.2) is 4.79 Å². The van der Waals surface area contributed by atoms with E-state index >= 15 is 0 Å². The van der Waals surface area contributed by atoms with Crippen LogP contribution in [0.5, 0.6) is 11.5 Å². The molecular formula is C26H30N4O3. The van der Waals surface area contributed by atoms with Crippen molar-refractivity contribution in [3.63, 3.8) is 0 Å². The Morgan fingerprint density at radius 3 is 2.15 bits per heavy atom. The molecule has 7 nitrogen and oxygen atoms in total. The van der Waals surface area contributed by atoms with Crippen LogP contribution in [-0.4, -0.2) is 31.1 Å². The lowest BCUT2D eigenvalue weighted by molar-refractivity contribution is -0.121. The van der Waals surface area contributed by atoms with E-state index in [9.17, 15) is 9.59 Å². The molecule has 1 unspecified atom stereocenters. The molecule has 3 aromatic carbocycles. The van der Waals surface area contributed by atoms with Gasteiger partial charge in [0, 0.05) is 31.2 Å². The van der Waals surface area contributed by atoms with Crippen molar-refractivity contribution in [2.24, 2.45) is 5.73 Å². The van der Waals surface area contributed by atoms with Crippen LogP contribution >= 0.6 is 0 Å². The summed E-state index contributed by atoms with van der Waals surface area (Å²) in [7, 11) is 0. The lowest BCUT2D eigenvalue weighted by atomic mass is 10.0. The summed E-state index contributed by atoms with van der Waals surface area (Å²) in [4.78, 5) is 24.6. The number of ether oxygens (including phenoxy) is 1. The average molecular weight is 447 g/mol. The third kappa shape index (κ3) is 8.66. The van der Waals surface area contributed by atoms with E-state index < -0.39 is 0 Å². The minimum atomic E-state index is -0.324. The van der Waals surface area contributed by atoms with Crippen LogP contribution in [-0.2, 0) is 11.2 Å². The van der Waals surface area contributed by atoms with E-state index in [1.54, 1.807) is 24.3 Å². The summed E-state index contributed by atoms with van der Waals surface area (Å²) in [6.07, 6.45) is 1.45. The van der Waals surface area contributed by atoms with Crippen molar-refractivity contribution < 1.29 is 14.3 Å². The van der Waals surface area contributed by atoms with Gasteiger partial charge in [0.25, 0.3) is 0 Å². The van der Waals surface area contributed by atoms with Crippen LogP contribution in [0, 0.1) is 0 Å². The van der Waals surface area contributed by atoms with Gasteiger partial charge >= 0.3 is 6.03 Å². The minimum Gasteiger partial charge on any atom is -0.457 e. The maximum atomic E-state index is 12.6. The molecule has 1 atom stereocenters. The van der Waals surface area contributed by atoms with E-state index in [1.165, 1.54) is 0 Å². The van der Waals surface area contributed by atoms with Gasteiger partial charge in [0.1, 0.15) is 11.5 Å². The van der Waals surface area contributed by atoms with E-state index in [4.69, 9.17) is 10.5 Å². The van der Waals surface area contributed by atoms with Gasteiger partial charge in [0.2, 0.25) is 5.91 Å². The molecule has 0 aliphatic heterocycles. The first-order valence-electron chi connectivity index (χ1n) is 11.0. The molecule has 3 amide bonds. The van der Waals surface area contributed by atoms with Crippen molar-refractivity contribution in [3.8, 4) is 11.5 Å². The minimum absolute atomic E-state index is 0.0743. The molecule has 0 aliphatic rings. The van der Waals surface area contributed by atoms with Gasteiger partial charge in [-0.05, 0) is 54.8 Å². The molecule has 3 aromatic rings. The van der Waals surface area contributed by atoms with Gasteiger partial charge in [-0.3, -0.25) is 4.79 Å². The van der Waals surface area contributed by atoms with Crippen LogP contribution in [0.25, 0.3) is 0 Å². The molecule has 0 aliphatic carbocycles. The molecule has 0 radical (unpaired) electrons. The lowest BCUT2D eigenvalue weighted by Gasteiger charge is -2.19. The lowest BCUT2D eigenvalue weighted by Crippen LogP contribution is -2.40. The first-order chi connectivity index (χ1) is 16.1. The van der Waals surface area contributed by atoms with Crippen molar-refractivity contribution in [1.82, 2.24) is 10.6 Å². The number of nitrogens with one attached hydrogen (secondary N) is 3. The van der Waals surface area contributed by atoms with Crippen LogP contribution < -0.4 is 26.4 Å². The molecule has 3 rings (SSSR count). The number of carbonyl (C=O) groups is 2. The highest BCUT2D eigenvalue weighted by Gasteiger charge is 2.15. The molecule has 0 heterocycles. The number of para-hydroxylation sites is 1. The molecule has 7 heteroatoms. The Morgan fingerprint density at radius 2 is 1.48 bits per heavy atom. The zero-order valence-corrected chi connectivity index (χ0v) is 18.5. The van der Waals surface area contributed by atoms with Gasteiger partial charge in [-0.15, -0.1) is 0 Å². The number of anilines is 1. The van der Waals surface area contributed by atoms with Gasteiger partial charge in [0.05, 0.1) is 0 Å². The van der Waals surface area contributed by atoms with Crippen LogP contribution in [0.3, 0.4) is 0 Å². The highest BCUT2D eigenvalue weighted by atomic mass is 16.5. The quantitative estimate of drug-likeness (QED) is 0.356. The van der Waals surface area contributed by atoms with E-state index in [0.717, 1.165) is 11.3 Å². The van der Waals surface area contributed by atoms with E-state index in [1.807, 2.05) is 60.7 Å². The second-order valence-corrected chi connectivity index (χ2v) is 7.60. The second kappa shape index (κ2) is 12.9. The summed E-state index contributed by atoms with van der Waals surface area (Å²) in [6, 6.07) is 26.0. The third-order valence-corrected chi connectivity index (χ3v) is 4.94. The summed E-state index contributed by atoms with van der Waals surface area (Å²) in [5.41, 5.74) is 7.17. The van der Waals surface area contributed by atoms with Crippen molar-refractivity contribution in [1.29, 1.82) is 0 Å². The normalized spacial score (nSPS) is 11.3. The van der Waals surface area contributed by atoms with Crippen LogP contribution in [0.15, 0.2) is 84.9 Å². The van der Waals surface area contributed by atoms with Crippen molar-refractivity contribution >= 4 is 17.6 Å². The fraction of sp³-hybridized carbons (Fsp3) is 0.231. The maximum Gasteiger partial charge on any atom is 0.319 e. The Labute approximate surface area is 194 Å². The second-order valence-electron chi connectivity index (χ2n) is 7.60. The topological polar surface area (TPSA) is 105 Å². The van der Waals surface area contributed by atoms with E-state index in [2.05, 4.69) is 16.0 Å². The average Bonchev–Trinajstić information content (AvgIpc) is 2.84. The summed E-state index contributed by atoms with van der Waals surface area (Å²) in [6.45, 7) is 0.842. The molecule has 0 fully saturated rings. The van der Waals surface area contributed by atoms with E-state index in [0.29, 0.717) is 43.8 Å². The molecule has 33 heavy (non-hydrogen) atoms. The molecule has 5 N–H and O–H groups in total. The molecule has 0 spiro atoms. The Kier molecular flexibility index (Phi) is 9.29. The van der Waals surface area contributed by atoms with Crippen molar-refractivity contribution in [3.05, 3.63) is 90.5 Å². The third-order valence-electron chi connectivity index (χ3n) is 4.94. The Morgan fingerprint density at radius 1 is 0.848 bits per heavy atom. The number of carbonyl (C=O) groups excluding carboxylic acids is 2. The fourth-order valence-corrected chi connectivity index (χ4v) is 3.31. The summed E-state index contributed by atoms with van der Waals surface area (Å²) in [5, 5.41) is 8.61. The summed E-state index contributed by atoms with van der Waals surface area (Å²) >= 11 is 0. The van der Waals surface area contributed by atoms with Crippen molar-refractivity contribution in [2.75, 3.05) is 18.4 Å². The van der Waals surface area contributed by atoms with E-state index in [-0.39, 0.29) is 18.0 Å². The molecule has 0 saturated heterocycles. The van der Waals surface area contributed by atoms with Crippen LogP contribution in [0.1, 0.15) is 18.4 Å². The number of amides is 3. The largest absolute Gasteiger partial charge is 0.457 e. The zero-order chi connectivity index (χ0) is 23.3. The Balaban J connectivity index is 1.55. The van der Waals surface area contributed by atoms with Crippen LogP contribution in [0.4, 0.5) is 10.5 Å². The fourth-order valence-electron chi connectivity index (χ4n) is 3.31. The van der Waals surface area contributed by atoms with Gasteiger partial charge in [0.15, 0.2) is 0 Å². The summed E-state index contributed by atoms with van der Waals surface area (Å²) in [5.74, 6) is 1.35. The van der Waals surface area contributed by atoms with Gasteiger partial charge in [-0.2, -0.15) is 0 Å². The maximum absolute atomic E-state index is 12.6. The molecule has 172 valence electrons. The number of rotatable bonds is 11. The highest BCUT2D eigenvalue weighted by molar-refractivity contribution is 5.89. The molecule has 0 aromatic heterocycles. The molecule has 0 saturated carbocycles. The molecular weight excluding hydrogens is 416 g/mol.